The van der Waals surface area contributed by atoms with Crippen molar-refractivity contribution >= 4 is 39.9 Å². The second-order valence-electron chi connectivity index (χ2n) is 7.03. The fourth-order valence-electron chi connectivity index (χ4n) is 3.17. The fourth-order valence-corrected chi connectivity index (χ4v) is 3.38. The Balaban J connectivity index is 1.66. The summed E-state index contributed by atoms with van der Waals surface area (Å²) in [5, 5.41) is 3.58. The first-order valence-corrected chi connectivity index (χ1v) is 9.66. The van der Waals surface area contributed by atoms with Crippen LogP contribution in [-0.2, 0) is 6.18 Å². The third kappa shape index (κ3) is 4.19. The predicted molar refractivity (Wildman–Crippen MR) is 116 cm³/mol. The van der Waals surface area contributed by atoms with E-state index < -0.39 is 17.8 Å². The summed E-state index contributed by atoms with van der Waals surface area (Å²) in [7, 11) is 0. The molecule has 0 aliphatic carbocycles. The third-order valence-corrected chi connectivity index (χ3v) is 5.18. The van der Waals surface area contributed by atoms with Gasteiger partial charge in [-0.15, -0.1) is 0 Å². The van der Waals surface area contributed by atoms with E-state index in [2.05, 4.69) is 20.3 Å². The Morgan fingerprint density at radius 3 is 2.59 bits per heavy atom. The zero-order valence-electron chi connectivity index (χ0n) is 16.5. The van der Waals surface area contributed by atoms with Gasteiger partial charge in [0.25, 0.3) is 5.91 Å². The number of nitrogens with one attached hydrogen (secondary N) is 1. The predicted octanol–water partition coefficient (Wildman–Crippen LogP) is 5.51. The molecule has 0 bridgehead atoms. The van der Waals surface area contributed by atoms with Crippen molar-refractivity contribution in [1.29, 1.82) is 0 Å². The van der Waals surface area contributed by atoms with E-state index in [1.807, 2.05) is 13.0 Å². The van der Waals surface area contributed by atoms with E-state index in [9.17, 15) is 18.0 Å². The van der Waals surface area contributed by atoms with Crippen LogP contribution >= 0.6 is 11.6 Å². The fraction of sp³-hybridized carbons (Fsp3) is 0.0909. The molecule has 4 rings (SSSR count). The molecule has 10 heteroatoms. The van der Waals surface area contributed by atoms with E-state index >= 15 is 0 Å². The molecule has 162 valence electrons. The van der Waals surface area contributed by atoms with Gasteiger partial charge in [0.1, 0.15) is 16.5 Å². The number of aromatic nitrogens is 3. The van der Waals surface area contributed by atoms with E-state index in [1.54, 1.807) is 30.6 Å². The quantitative estimate of drug-likeness (QED) is 0.423. The second kappa shape index (κ2) is 8.08. The highest BCUT2D eigenvalue weighted by molar-refractivity contribution is 6.37. The molecule has 0 saturated heterocycles. The molecule has 0 atom stereocenters. The molecule has 4 aromatic rings. The molecule has 3 N–H and O–H groups in total. The summed E-state index contributed by atoms with van der Waals surface area (Å²) in [5.41, 5.74) is 7.78. The second-order valence-corrected chi connectivity index (χ2v) is 7.41. The van der Waals surface area contributed by atoms with Gasteiger partial charge >= 0.3 is 6.18 Å². The average Bonchev–Trinajstić information content (AvgIpc) is 2.77. The van der Waals surface area contributed by atoms with Crippen LogP contribution in [0.3, 0.4) is 0 Å². The Labute approximate surface area is 185 Å². The van der Waals surface area contributed by atoms with Gasteiger partial charge in [0.15, 0.2) is 0 Å². The number of benzene rings is 1. The SMILES string of the molecule is Cc1ccc(NC(=O)c2ccnc(C(F)(F)F)c2)cc1-c1cnc2c(Cl)c(N)ncc2c1. The van der Waals surface area contributed by atoms with E-state index in [-0.39, 0.29) is 16.4 Å². The van der Waals surface area contributed by atoms with Crippen LogP contribution in [0.1, 0.15) is 21.6 Å². The van der Waals surface area contributed by atoms with Gasteiger partial charge in [-0.1, -0.05) is 17.7 Å². The van der Waals surface area contributed by atoms with Crippen LogP contribution in [0, 0.1) is 6.92 Å². The van der Waals surface area contributed by atoms with Gasteiger partial charge in [-0.3, -0.25) is 14.8 Å². The maximum atomic E-state index is 12.9. The summed E-state index contributed by atoms with van der Waals surface area (Å²) in [6.45, 7) is 1.89. The standard InChI is InChI=1S/C22H15ClF3N5O/c1-11-2-3-15(31-21(32)12-4-5-28-17(7-12)22(24,25)26)8-16(11)13-6-14-10-30-20(27)18(23)19(14)29-9-13/h2-10H,1H3,(H2,27,30)(H,31,32). The van der Waals surface area contributed by atoms with Crippen molar-refractivity contribution in [1.82, 2.24) is 15.0 Å². The van der Waals surface area contributed by atoms with E-state index in [0.29, 0.717) is 22.7 Å². The van der Waals surface area contributed by atoms with E-state index in [4.69, 9.17) is 17.3 Å². The number of halogens is 4. The number of nitrogens with zero attached hydrogens (tertiary/aromatic N) is 3. The molecule has 3 aromatic heterocycles. The number of anilines is 2. The maximum absolute atomic E-state index is 12.9. The Kier molecular flexibility index (Phi) is 5.43. The monoisotopic (exact) mass is 457 g/mol. The highest BCUT2D eigenvalue weighted by Gasteiger charge is 2.33. The van der Waals surface area contributed by atoms with Gasteiger partial charge in [0.2, 0.25) is 0 Å². The normalized spacial score (nSPS) is 11.5. The lowest BCUT2D eigenvalue weighted by Gasteiger charge is -2.12. The van der Waals surface area contributed by atoms with Gasteiger partial charge in [0.05, 0.1) is 5.52 Å². The van der Waals surface area contributed by atoms with Crippen LogP contribution < -0.4 is 11.1 Å². The minimum atomic E-state index is -4.64. The van der Waals surface area contributed by atoms with Crippen molar-refractivity contribution in [3.05, 3.63) is 76.8 Å². The molecular weight excluding hydrogens is 443 g/mol. The summed E-state index contributed by atoms with van der Waals surface area (Å²) in [5.74, 6) is -0.499. The van der Waals surface area contributed by atoms with E-state index in [1.165, 1.54) is 6.07 Å². The molecule has 0 saturated carbocycles. The molecule has 1 aromatic carbocycles. The van der Waals surface area contributed by atoms with E-state index in [0.717, 1.165) is 22.9 Å². The van der Waals surface area contributed by atoms with Gasteiger partial charge in [-0.25, -0.2) is 4.98 Å². The Morgan fingerprint density at radius 1 is 1.06 bits per heavy atom. The zero-order chi connectivity index (χ0) is 23.0. The molecule has 3 heterocycles. The number of carbonyl (C=O) groups is 1. The van der Waals surface area contributed by atoms with Gasteiger partial charge < -0.3 is 11.1 Å². The number of rotatable bonds is 3. The molecule has 32 heavy (non-hydrogen) atoms. The minimum Gasteiger partial charge on any atom is -0.382 e. The number of hydrogen-bond acceptors (Lipinski definition) is 5. The molecular formula is C22H15ClF3N5O. The van der Waals surface area contributed by atoms with Crippen molar-refractivity contribution in [3.8, 4) is 11.1 Å². The first-order chi connectivity index (χ1) is 15.1. The molecule has 6 nitrogen and oxygen atoms in total. The number of nitrogens with two attached hydrogens (primary N) is 1. The smallest absolute Gasteiger partial charge is 0.382 e. The summed E-state index contributed by atoms with van der Waals surface area (Å²) in [6, 6.07) is 8.93. The van der Waals surface area contributed by atoms with Crippen LogP contribution in [0.5, 0.6) is 0 Å². The molecule has 0 aliphatic heterocycles. The highest BCUT2D eigenvalue weighted by atomic mass is 35.5. The average molecular weight is 458 g/mol. The Bertz CT molecular complexity index is 1360. The van der Waals surface area contributed by atoms with Crippen molar-refractivity contribution in [2.45, 2.75) is 13.1 Å². The Morgan fingerprint density at radius 2 is 1.84 bits per heavy atom. The van der Waals surface area contributed by atoms with Crippen molar-refractivity contribution in [2.75, 3.05) is 11.1 Å². The first kappa shape index (κ1) is 21.5. The topological polar surface area (TPSA) is 93.8 Å². The number of carbonyl (C=O) groups excluding carboxylic acids is 1. The first-order valence-electron chi connectivity index (χ1n) is 9.29. The Hall–Kier alpha value is -3.72. The number of aryl methyl sites for hydroxylation is 1. The molecule has 0 spiro atoms. The van der Waals surface area contributed by atoms with Crippen LogP contribution in [0.4, 0.5) is 24.7 Å². The van der Waals surface area contributed by atoms with Crippen molar-refractivity contribution in [2.24, 2.45) is 0 Å². The van der Waals surface area contributed by atoms with Crippen LogP contribution in [0.2, 0.25) is 5.02 Å². The highest BCUT2D eigenvalue weighted by Crippen LogP contribution is 2.32. The molecule has 0 fully saturated rings. The zero-order valence-corrected chi connectivity index (χ0v) is 17.3. The lowest BCUT2D eigenvalue weighted by molar-refractivity contribution is -0.141. The number of nitrogen functional groups attached to an aromatic ring is 1. The largest absolute Gasteiger partial charge is 0.433 e. The lowest BCUT2D eigenvalue weighted by atomic mass is 10.00. The number of amides is 1. The number of hydrogen-bond donors (Lipinski definition) is 2. The summed E-state index contributed by atoms with van der Waals surface area (Å²) in [6.07, 6.45) is -0.500. The van der Waals surface area contributed by atoms with Gasteiger partial charge in [-0.05, 0) is 48.4 Å². The summed E-state index contributed by atoms with van der Waals surface area (Å²) >= 11 is 6.16. The molecule has 1 amide bonds. The number of alkyl halides is 3. The van der Waals surface area contributed by atoms with Crippen LogP contribution in [0.15, 0.2) is 55.0 Å². The lowest BCUT2D eigenvalue weighted by Crippen LogP contribution is -2.15. The summed E-state index contributed by atoms with van der Waals surface area (Å²) < 4.78 is 38.6. The molecule has 0 aliphatic rings. The molecule has 0 radical (unpaired) electrons. The minimum absolute atomic E-state index is 0.153. The van der Waals surface area contributed by atoms with Gasteiger partial charge in [-0.2, -0.15) is 13.2 Å². The van der Waals surface area contributed by atoms with Crippen LogP contribution in [0.25, 0.3) is 22.0 Å². The number of fused-ring (bicyclic) bond motifs is 1. The number of pyridine rings is 3. The summed E-state index contributed by atoms with van der Waals surface area (Å²) in [4.78, 5) is 24.2. The third-order valence-electron chi connectivity index (χ3n) is 4.81. The van der Waals surface area contributed by atoms with Gasteiger partial charge in [0, 0.05) is 40.8 Å². The molecule has 0 unspecified atom stereocenters. The van der Waals surface area contributed by atoms with Crippen LogP contribution in [-0.4, -0.2) is 20.9 Å². The maximum Gasteiger partial charge on any atom is 0.433 e. The van der Waals surface area contributed by atoms with Crippen molar-refractivity contribution < 1.29 is 18.0 Å². The van der Waals surface area contributed by atoms with Crippen molar-refractivity contribution in [3.63, 3.8) is 0 Å².